The fourth-order valence-electron chi connectivity index (χ4n) is 3.29. The van der Waals surface area contributed by atoms with Gasteiger partial charge in [0.15, 0.2) is 6.61 Å². The van der Waals surface area contributed by atoms with Gasteiger partial charge < -0.3 is 10.1 Å². The Morgan fingerprint density at radius 3 is 2.16 bits per heavy atom. The van der Waals surface area contributed by atoms with Crippen LogP contribution in [0.3, 0.4) is 0 Å². The number of ether oxygens (including phenoxy) is 1. The molecule has 162 valence electrons. The van der Waals surface area contributed by atoms with Crippen LogP contribution in [-0.4, -0.2) is 36.8 Å². The topological polar surface area (TPSA) is 92.8 Å². The second kappa shape index (κ2) is 10.0. The summed E-state index contributed by atoms with van der Waals surface area (Å²) in [7, 11) is 0. The first-order chi connectivity index (χ1) is 14.8. The van der Waals surface area contributed by atoms with Crippen LogP contribution in [0.25, 0.3) is 0 Å². The van der Waals surface area contributed by atoms with Gasteiger partial charge in [0.1, 0.15) is 0 Å². The molecule has 2 aromatic carbocycles. The van der Waals surface area contributed by atoms with E-state index in [-0.39, 0.29) is 42.7 Å². The molecule has 1 aliphatic heterocycles. The number of nitrogens with one attached hydrogen (secondary N) is 1. The highest BCUT2D eigenvalue weighted by atomic mass is 16.5. The van der Waals surface area contributed by atoms with Crippen LogP contribution in [0.1, 0.15) is 54.1 Å². The quantitative estimate of drug-likeness (QED) is 0.522. The van der Waals surface area contributed by atoms with Crippen molar-refractivity contribution in [2.75, 3.05) is 18.1 Å². The van der Waals surface area contributed by atoms with Crippen LogP contribution in [0, 0.1) is 0 Å². The van der Waals surface area contributed by atoms with Crippen molar-refractivity contribution in [2.45, 2.75) is 39.0 Å². The van der Waals surface area contributed by atoms with Gasteiger partial charge >= 0.3 is 5.97 Å². The minimum Gasteiger partial charge on any atom is -0.452 e. The van der Waals surface area contributed by atoms with Crippen LogP contribution in [0.2, 0.25) is 0 Å². The van der Waals surface area contributed by atoms with E-state index in [1.54, 1.807) is 0 Å². The van der Waals surface area contributed by atoms with Crippen LogP contribution in [0.15, 0.2) is 48.5 Å². The molecule has 7 heteroatoms. The Morgan fingerprint density at radius 2 is 1.58 bits per heavy atom. The molecule has 0 radical (unpaired) electrons. The van der Waals surface area contributed by atoms with E-state index >= 15 is 0 Å². The molecule has 0 bridgehead atoms. The van der Waals surface area contributed by atoms with E-state index in [9.17, 15) is 19.2 Å². The summed E-state index contributed by atoms with van der Waals surface area (Å²) in [6.45, 7) is 4.35. The number of carbonyl (C=O) groups excluding carboxylic acids is 4. The molecule has 0 aromatic heterocycles. The molecule has 2 aromatic rings. The maximum atomic E-state index is 12.1. The maximum absolute atomic E-state index is 12.1. The zero-order chi connectivity index (χ0) is 22.4. The van der Waals surface area contributed by atoms with E-state index in [2.05, 4.69) is 43.4 Å². The van der Waals surface area contributed by atoms with Crippen molar-refractivity contribution in [1.29, 1.82) is 0 Å². The fourth-order valence-corrected chi connectivity index (χ4v) is 3.29. The molecule has 0 saturated carbocycles. The lowest BCUT2D eigenvalue weighted by atomic mass is 10.0. The molecule has 1 saturated heterocycles. The van der Waals surface area contributed by atoms with Crippen LogP contribution < -0.4 is 10.2 Å². The van der Waals surface area contributed by atoms with Gasteiger partial charge in [-0.1, -0.05) is 38.1 Å². The van der Waals surface area contributed by atoms with Crippen LogP contribution in [-0.2, 0) is 25.5 Å². The second-order valence-electron chi connectivity index (χ2n) is 7.74. The van der Waals surface area contributed by atoms with Gasteiger partial charge in [-0.15, -0.1) is 0 Å². The zero-order valence-electron chi connectivity index (χ0n) is 17.7. The van der Waals surface area contributed by atoms with E-state index in [0.29, 0.717) is 24.6 Å². The second-order valence-corrected chi connectivity index (χ2v) is 7.74. The molecule has 31 heavy (non-hydrogen) atoms. The summed E-state index contributed by atoms with van der Waals surface area (Å²) in [5, 5.41) is 2.73. The first-order valence-corrected chi connectivity index (χ1v) is 10.3. The Kier molecular flexibility index (Phi) is 7.18. The summed E-state index contributed by atoms with van der Waals surface area (Å²) < 4.78 is 5.04. The molecule has 3 amide bonds. The highest BCUT2D eigenvalue weighted by molar-refractivity contribution is 6.19. The van der Waals surface area contributed by atoms with Crippen molar-refractivity contribution in [3.63, 3.8) is 0 Å². The number of carbonyl (C=O) groups is 4. The SMILES string of the molecule is CC(C)c1ccc(CCNC(=O)COC(=O)c2ccc(N3C(=O)CCC3=O)cc2)cc1. The Bertz CT molecular complexity index is 948. The molecule has 7 nitrogen and oxygen atoms in total. The molecular formula is C24H26N2O5. The number of hydrogen-bond acceptors (Lipinski definition) is 5. The van der Waals surface area contributed by atoms with Crippen molar-refractivity contribution < 1.29 is 23.9 Å². The molecule has 1 fully saturated rings. The lowest BCUT2D eigenvalue weighted by molar-refractivity contribution is -0.124. The highest BCUT2D eigenvalue weighted by Crippen LogP contribution is 2.23. The van der Waals surface area contributed by atoms with Crippen LogP contribution >= 0.6 is 0 Å². The Morgan fingerprint density at radius 1 is 0.968 bits per heavy atom. The van der Waals surface area contributed by atoms with Gasteiger partial charge in [0.2, 0.25) is 11.8 Å². The molecular weight excluding hydrogens is 396 g/mol. The van der Waals surface area contributed by atoms with E-state index < -0.39 is 5.97 Å². The van der Waals surface area contributed by atoms with Crippen molar-refractivity contribution in [2.24, 2.45) is 0 Å². The van der Waals surface area contributed by atoms with Gasteiger partial charge in [-0.3, -0.25) is 19.3 Å². The van der Waals surface area contributed by atoms with Gasteiger partial charge in [0.25, 0.3) is 5.91 Å². The molecule has 1 aliphatic rings. The Hall–Kier alpha value is -3.48. The third kappa shape index (κ3) is 5.78. The molecule has 0 spiro atoms. The first-order valence-electron chi connectivity index (χ1n) is 10.3. The van der Waals surface area contributed by atoms with Crippen LogP contribution in [0.4, 0.5) is 5.69 Å². The first kappa shape index (κ1) is 22.2. The van der Waals surface area contributed by atoms with Crippen molar-refractivity contribution in [3.05, 3.63) is 65.2 Å². The van der Waals surface area contributed by atoms with E-state index in [1.165, 1.54) is 29.8 Å². The van der Waals surface area contributed by atoms with Crippen molar-refractivity contribution >= 4 is 29.4 Å². The monoisotopic (exact) mass is 422 g/mol. The van der Waals surface area contributed by atoms with Gasteiger partial charge in [0, 0.05) is 19.4 Å². The minimum absolute atomic E-state index is 0.195. The van der Waals surface area contributed by atoms with Crippen LogP contribution in [0.5, 0.6) is 0 Å². The maximum Gasteiger partial charge on any atom is 0.338 e. The number of rotatable bonds is 8. The summed E-state index contributed by atoms with van der Waals surface area (Å²) in [5.41, 5.74) is 3.05. The third-order valence-corrected chi connectivity index (χ3v) is 5.13. The average molecular weight is 422 g/mol. The minimum atomic E-state index is -0.648. The number of hydrogen-bond donors (Lipinski definition) is 1. The number of benzene rings is 2. The van der Waals surface area contributed by atoms with Gasteiger partial charge in [-0.2, -0.15) is 0 Å². The summed E-state index contributed by atoms with van der Waals surface area (Å²) in [5.74, 6) is -1.06. The zero-order valence-corrected chi connectivity index (χ0v) is 17.7. The lowest BCUT2D eigenvalue weighted by Gasteiger charge is -2.14. The summed E-state index contributed by atoms with van der Waals surface area (Å²) in [6.07, 6.45) is 1.08. The summed E-state index contributed by atoms with van der Waals surface area (Å²) in [6, 6.07) is 14.2. The molecule has 0 atom stereocenters. The largest absolute Gasteiger partial charge is 0.452 e. The van der Waals surface area contributed by atoms with Crippen molar-refractivity contribution in [1.82, 2.24) is 5.32 Å². The molecule has 0 unspecified atom stereocenters. The van der Waals surface area contributed by atoms with Gasteiger partial charge in [-0.25, -0.2) is 4.79 Å². The molecule has 3 rings (SSSR count). The average Bonchev–Trinajstić information content (AvgIpc) is 3.10. The molecule has 1 heterocycles. The molecule has 0 aliphatic carbocycles. The smallest absolute Gasteiger partial charge is 0.338 e. The Balaban J connectivity index is 1.42. The predicted octanol–water partition coefficient (Wildman–Crippen LogP) is 2.98. The normalized spacial score (nSPS) is 13.6. The molecule has 1 N–H and O–H groups in total. The van der Waals surface area contributed by atoms with Gasteiger partial charge in [0.05, 0.1) is 11.3 Å². The fraction of sp³-hybridized carbons (Fsp3) is 0.333. The standard InChI is InChI=1S/C24H26N2O5/c1-16(2)18-5-3-17(4-6-18)13-14-25-21(27)15-31-24(30)19-7-9-20(10-8-19)26-22(28)11-12-23(26)29/h3-10,16H,11-15H2,1-2H3,(H,25,27). The van der Waals surface area contributed by atoms with E-state index in [0.717, 1.165) is 10.5 Å². The van der Waals surface area contributed by atoms with E-state index in [4.69, 9.17) is 4.74 Å². The summed E-state index contributed by atoms with van der Waals surface area (Å²) >= 11 is 0. The number of amides is 3. The lowest BCUT2D eigenvalue weighted by Crippen LogP contribution is -2.30. The highest BCUT2D eigenvalue weighted by Gasteiger charge is 2.30. The summed E-state index contributed by atoms with van der Waals surface area (Å²) in [4.78, 5) is 48.7. The van der Waals surface area contributed by atoms with Gasteiger partial charge in [-0.05, 0) is 47.7 Å². The third-order valence-electron chi connectivity index (χ3n) is 5.13. The predicted molar refractivity (Wildman–Crippen MR) is 116 cm³/mol. The number of nitrogens with zero attached hydrogens (tertiary/aromatic N) is 1. The number of esters is 1. The Labute approximate surface area is 181 Å². The van der Waals surface area contributed by atoms with Crippen molar-refractivity contribution in [3.8, 4) is 0 Å². The van der Waals surface area contributed by atoms with E-state index in [1.807, 2.05) is 0 Å². The number of anilines is 1. The number of imide groups is 1.